The molecule has 0 aliphatic rings. The van der Waals surface area contributed by atoms with Crippen LogP contribution in [0.2, 0.25) is 0 Å². The lowest BCUT2D eigenvalue weighted by Crippen LogP contribution is -2.37. The molecule has 1 aromatic carbocycles. The Hall–Kier alpha value is -1.55. The highest BCUT2D eigenvalue weighted by atomic mass is 127. The van der Waals surface area contributed by atoms with E-state index in [0.717, 1.165) is 17.9 Å². The molecule has 0 atom stereocenters. The van der Waals surface area contributed by atoms with Crippen LogP contribution < -0.4 is 21.1 Å². The van der Waals surface area contributed by atoms with Crippen LogP contribution in [0.4, 0.5) is 5.69 Å². The van der Waals surface area contributed by atoms with Gasteiger partial charge in [0.1, 0.15) is 5.75 Å². The highest BCUT2D eigenvalue weighted by molar-refractivity contribution is 14.0. The van der Waals surface area contributed by atoms with Crippen LogP contribution in [-0.2, 0) is 9.53 Å². The van der Waals surface area contributed by atoms with Crippen LogP contribution in [0.5, 0.6) is 5.75 Å². The lowest BCUT2D eigenvalue weighted by atomic mass is 9.93. The van der Waals surface area contributed by atoms with E-state index in [1.54, 1.807) is 21.0 Å². The Bertz CT molecular complexity index is 579. The zero-order chi connectivity index (χ0) is 18.7. The zero-order valence-corrected chi connectivity index (χ0v) is 18.3. The molecule has 1 amide bonds. The number of primary amides is 1. The Morgan fingerprint density at radius 2 is 2.04 bits per heavy atom. The van der Waals surface area contributed by atoms with Gasteiger partial charge in [0.05, 0.1) is 18.6 Å². The highest BCUT2D eigenvalue weighted by Gasteiger charge is 2.24. The predicted molar refractivity (Wildman–Crippen MR) is 116 cm³/mol. The molecule has 1 rings (SSSR count). The Kier molecular flexibility index (Phi) is 12.0. The summed E-state index contributed by atoms with van der Waals surface area (Å²) in [7, 11) is 1.67. The number of carbonyl (C=O) groups is 1. The topological polar surface area (TPSA) is 98.0 Å². The van der Waals surface area contributed by atoms with Crippen LogP contribution in [0.1, 0.15) is 27.2 Å². The van der Waals surface area contributed by atoms with E-state index >= 15 is 0 Å². The lowest BCUT2D eigenvalue weighted by molar-refractivity contribution is -0.125. The number of halogens is 1. The summed E-state index contributed by atoms with van der Waals surface area (Å²) in [4.78, 5) is 15.9. The fourth-order valence-electron chi connectivity index (χ4n) is 1.86. The molecule has 4 N–H and O–H groups in total. The summed E-state index contributed by atoms with van der Waals surface area (Å²) in [6.45, 7) is 7.80. The van der Waals surface area contributed by atoms with E-state index < -0.39 is 5.41 Å². The summed E-state index contributed by atoms with van der Waals surface area (Å²) in [6, 6.07) is 7.64. The second-order valence-corrected chi connectivity index (χ2v) is 6.29. The largest absolute Gasteiger partial charge is 0.493 e. The number of anilines is 1. The van der Waals surface area contributed by atoms with Gasteiger partial charge in [-0.2, -0.15) is 0 Å². The van der Waals surface area contributed by atoms with Crippen molar-refractivity contribution < 1.29 is 14.3 Å². The van der Waals surface area contributed by atoms with Gasteiger partial charge in [-0.05, 0) is 32.9 Å². The van der Waals surface area contributed by atoms with Gasteiger partial charge in [-0.3, -0.25) is 9.79 Å². The van der Waals surface area contributed by atoms with Crippen molar-refractivity contribution in [2.45, 2.75) is 27.2 Å². The van der Waals surface area contributed by atoms with Gasteiger partial charge in [0, 0.05) is 38.4 Å². The normalized spacial score (nSPS) is 11.5. The minimum atomic E-state index is -0.700. The van der Waals surface area contributed by atoms with Crippen LogP contribution in [0, 0.1) is 5.41 Å². The molecule has 1 aromatic rings. The van der Waals surface area contributed by atoms with E-state index in [1.165, 1.54) is 0 Å². The molecule has 0 aliphatic carbocycles. The van der Waals surface area contributed by atoms with E-state index in [4.69, 9.17) is 15.2 Å². The van der Waals surface area contributed by atoms with Crippen molar-refractivity contribution in [1.82, 2.24) is 5.32 Å². The number of nitrogens with two attached hydrogens (primary N) is 1. The molecular formula is C18H31IN4O3. The number of amides is 1. The molecule has 0 unspecified atom stereocenters. The van der Waals surface area contributed by atoms with Gasteiger partial charge in [-0.25, -0.2) is 0 Å². The van der Waals surface area contributed by atoms with Crippen LogP contribution in [0.15, 0.2) is 29.3 Å². The number of hydrogen-bond donors (Lipinski definition) is 3. The van der Waals surface area contributed by atoms with Crippen molar-refractivity contribution in [1.29, 1.82) is 0 Å². The average molecular weight is 478 g/mol. The summed E-state index contributed by atoms with van der Waals surface area (Å²) in [5.41, 5.74) is 5.54. The van der Waals surface area contributed by atoms with E-state index in [-0.39, 0.29) is 29.9 Å². The van der Waals surface area contributed by atoms with Crippen molar-refractivity contribution in [3.63, 3.8) is 0 Å². The van der Waals surface area contributed by atoms with E-state index in [1.807, 2.05) is 31.2 Å². The minimum Gasteiger partial charge on any atom is -0.493 e. The molecule has 8 heteroatoms. The smallest absolute Gasteiger partial charge is 0.224 e. The third kappa shape index (κ3) is 9.23. The fraction of sp³-hybridized carbons (Fsp3) is 0.556. The highest BCUT2D eigenvalue weighted by Crippen LogP contribution is 2.18. The number of rotatable bonds is 10. The first kappa shape index (κ1) is 24.5. The van der Waals surface area contributed by atoms with Gasteiger partial charge in [0.15, 0.2) is 5.96 Å². The van der Waals surface area contributed by atoms with Gasteiger partial charge >= 0.3 is 0 Å². The lowest BCUT2D eigenvalue weighted by Gasteiger charge is -2.19. The fourth-order valence-corrected chi connectivity index (χ4v) is 1.86. The van der Waals surface area contributed by atoms with Crippen LogP contribution in [-0.4, -0.2) is 45.3 Å². The molecule has 7 nitrogen and oxygen atoms in total. The molecule has 0 heterocycles. The maximum Gasteiger partial charge on any atom is 0.224 e. The summed E-state index contributed by atoms with van der Waals surface area (Å²) in [5, 5.41) is 6.37. The van der Waals surface area contributed by atoms with E-state index in [0.29, 0.717) is 32.3 Å². The van der Waals surface area contributed by atoms with Crippen molar-refractivity contribution in [2.24, 2.45) is 16.1 Å². The van der Waals surface area contributed by atoms with Gasteiger partial charge in [-0.15, -0.1) is 24.0 Å². The molecule has 26 heavy (non-hydrogen) atoms. The Morgan fingerprint density at radius 3 is 2.65 bits per heavy atom. The van der Waals surface area contributed by atoms with Crippen LogP contribution in [0.25, 0.3) is 0 Å². The van der Waals surface area contributed by atoms with Crippen molar-refractivity contribution >= 4 is 41.5 Å². The summed E-state index contributed by atoms with van der Waals surface area (Å²) in [6.07, 6.45) is 0.834. The molecule has 0 spiro atoms. The standard InChI is InChI=1S/C18H30N4O3.HI/c1-5-20-17(21-13-18(2,3)16(19)23)22-14-8-6-9-15(12-14)25-11-7-10-24-4;/h6,8-9,12H,5,7,10-11,13H2,1-4H3,(H2,19,23)(H2,20,21,22);1H. The molecule has 0 saturated carbocycles. The molecule has 0 fully saturated rings. The van der Waals surface area contributed by atoms with Crippen molar-refractivity contribution in [2.75, 3.05) is 38.7 Å². The monoisotopic (exact) mass is 478 g/mol. The van der Waals surface area contributed by atoms with Gasteiger partial charge in [0.25, 0.3) is 0 Å². The van der Waals surface area contributed by atoms with Gasteiger partial charge in [0.2, 0.25) is 5.91 Å². The molecule has 0 bridgehead atoms. The number of nitrogens with zero attached hydrogens (tertiary/aromatic N) is 1. The minimum absolute atomic E-state index is 0. The third-order valence-corrected chi connectivity index (χ3v) is 3.50. The summed E-state index contributed by atoms with van der Waals surface area (Å²) in [5.74, 6) is 0.987. The first-order chi connectivity index (χ1) is 11.9. The summed E-state index contributed by atoms with van der Waals surface area (Å²) >= 11 is 0. The Morgan fingerprint density at radius 1 is 1.31 bits per heavy atom. The molecule has 148 valence electrons. The molecule has 0 saturated heterocycles. The quantitative estimate of drug-likeness (QED) is 0.208. The second-order valence-electron chi connectivity index (χ2n) is 6.29. The molecule has 0 aliphatic heterocycles. The first-order valence-corrected chi connectivity index (χ1v) is 8.46. The third-order valence-electron chi connectivity index (χ3n) is 3.50. The van der Waals surface area contributed by atoms with Gasteiger partial charge < -0.3 is 25.8 Å². The number of nitrogens with one attached hydrogen (secondary N) is 2. The first-order valence-electron chi connectivity index (χ1n) is 8.46. The number of hydrogen-bond acceptors (Lipinski definition) is 4. The maximum atomic E-state index is 11.4. The number of carbonyl (C=O) groups excluding carboxylic acids is 1. The van der Waals surface area contributed by atoms with Crippen molar-refractivity contribution in [3.8, 4) is 5.75 Å². The number of methoxy groups -OCH3 is 1. The molecule has 0 aromatic heterocycles. The predicted octanol–water partition coefficient (Wildman–Crippen LogP) is 2.61. The van der Waals surface area contributed by atoms with Crippen LogP contribution in [0.3, 0.4) is 0 Å². The zero-order valence-electron chi connectivity index (χ0n) is 16.0. The number of aliphatic imine (C=N–C) groups is 1. The maximum absolute atomic E-state index is 11.4. The Balaban J connectivity index is 0.00000625. The second kappa shape index (κ2) is 12.7. The average Bonchev–Trinajstić information content (AvgIpc) is 2.57. The number of ether oxygens (including phenoxy) is 2. The Labute approximate surface area is 173 Å². The number of benzene rings is 1. The van der Waals surface area contributed by atoms with E-state index in [9.17, 15) is 4.79 Å². The van der Waals surface area contributed by atoms with Crippen molar-refractivity contribution in [3.05, 3.63) is 24.3 Å². The van der Waals surface area contributed by atoms with Crippen LogP contribution >= 0.6 is 24.0 Å². The molecular weight excluding hydrogens is 447 g/mol. The summed E-state index contributed by atoms with van der Waals surface area (Å²) < 4.78 is 10.7. The SMILES string of the molecule is CCNC(=NCC(C)(C)C(N)=O)Nc1cccc(OCCCOC)c1.I. The van der Waals surface area contributed by atoms with E-state index in [2.05, 4.69) is 15.6 Å². The number of guanidine groups is 1. The molecule has 0 radical (unpaired) electrons. The van der Waals surface area contributed by atoms with Gasteiger partial charge in [-0.1, -0.05) is 6.07 Å².